The van der Waals surface area contributed by atoms with Crippen molar-refractivity contribution < 1.29 is 9.21 Å². The van der Waals surface area contributed by atoms with Gasteiger partial charge in [-0.1, -0.05) is 30.3 Å². The van der Waals surface area contributed by atoms with Gasteiger partial charge in [-0.2, -0.15) is 5.10 Å². The van der Waals surface area contributed by atoms with Crippen LogP contribution in [0.1, 0.15) is 16.1 Å². The van der Waals surface area contributed by atoms with Crippen LogP contribution in [0.5, 0.6) is 0 Å². The number of carbonyl (C=O) groups excluding carboxylic acids is 1. The van der Waals surface area contributed by atoms with E-state index in [2.05, 4.69) is 26.5 Å². The lowest BCUT2D eigenvalue weighted by atomic mass is 10.2. The van der Waals surface area contributed by atoms with E-state index in [0.717, 1.165) is 10.0 Å². The third-order valence-electron chi connectivity index (χ3n) is 2.20. The standard InChI is InChI=1S/C14H11BrN2O2/c15-12(9-11-5-2-1-3-6-11)10-16-17-14(18)13-7-4-8-19-13/h1-10H,(H,17,18)/b12-9+,16-10-. The van der Waals surface area contributed by atoms with E-state index >= 15 is 0 Å². The van der Waals surface area contributed by atoms with Gasteiger partial charge in [0.25, 0.3) is 0 Å². The lowest BCUT2D eigenvalue weighted by Crippen LogP contribution is -2.16. The number of nitrogens with zero attached hydrogens (tertiary/aromatic N) is 1. The molecule has 0 spiro atoms. The highest BCUT2D eigenvalue weighted by molar-refractivity contribution is 9.12. The van der Waals surface area contributed by atoms with Crippen LogP contribution in [0.25, 0.3) is 6.08 Å². The number of allylic oxidation sites excluding steroid dienone is 1. The number of amides is 1. The van der Waals surface area contributed by atoms with Crippen LogP contribution in [-0.2, 0) is 0 Å². The minimum atomic E-state index is -0.388. The van der Waals surface area contributed by atoms with Crippen LogP contribution in [0.3, 0.4) is 0 Å². The molecule has 1 aromatic heterocycles. The maximum atomic E-state index is 11.5. The van der Waals surface area contributed by atoms with Crippen LogP contribution in [-0.4, -0.2) is 12.1 Å². The van der Waals surface area contributed by atoms with Gasteiger partial charge in [-0.3, -0.25) is 4.79 Å². The summed E-state index contributed by atoms with van der Waals surface area (Å²) >= 11 is 3.35. The van der Waals surface area contributed by atoms with Gasteiger partial charge in [-0.15, -0.1) is 0 Å². The molecule has 0 atom stereocenters. The van der Waals surface area contributed by atoms with Gasteiger partial charge in [-0.25, -0.2) is 5.43 Å². The fourth-order valence-electron chi connectivity index (χ4n) is 1.36. The van der Waals surface area contributed by atoms with Crippen molar-refractivity contribution in [1.82, 2.24) is 5.43 Å². The van der Waals surface area contributed by atoms with E-state index in [4.69, 9.17) is 4.42 Å². The van der Waals surface area contributed by atoms with Gasteiger partial charge >= 0.3 is 5.91 Å². The highest BCUT2D eigenvalue weighted by Crippen LogP contribution is 2.09. The lowest BCUT2D eigenvalue weighted by molar-refractivity contribution is 0.0927. The number of hydrogen-bond acceptors (Lipinski definition) is 3. The van der Waals surface area contributed by atoms with E-state index < -0.39 is 0 Å². The maximum Gasteiger partial charge on any atom is 0.307 e. The zero-order chi connectivity index (χ0) is 13.5. The van der Waals surface area contributed by atoms with Gasteiger partial charge < -0.3 is 4.42 Å². The first-order chi connectivity index (χ1) is 9.25. The van der Waals surface area contributed by atoms with E-state index in [1.54, 1.807) is 12.1 Å². The van der Waals surface area contributed by atoms with Crippen LogP contribution >= 0.6 is 15.9 Å². The second kappa shape index (κ2) is 6.70. The van der Waals surface area contributed by atoms with Crippen molar-refractivity contribution in [1.29, 1.82) is 0 Å². The minimum absolute atomic E-state index is 0.223. The number of hydrogen-bond donors (Lipinski definition) is 1. The van der Waals surface area contributed by atoms with Crippen molar-refractivity contribution in [3.05, 3.63) is 64.5 Å². The second-order valence-electron chi connectivity index (χ2n) is 3.62. The molecule has 0 fully saturated rings. The molecule has 4 nitrogen and oxygen atoms in total. The Bertz CT molecular complexity index is 589. The molecule has 0 unspecified atom stereocenters. The van der Waals surface area contributed by atoms with E-state index in [-0.39, 0.29) is 11.7 Å². The van der Waals surface area contributed by atoms with Crippen LogP contribution in [0.15, 0.2) is 62.7 Å². The SMILES string of the molecule is O=C(N/N=C\C(Br)=C/c1ccccc1)c1ccco1. The molecule has 0 radical (unpaired) electrons. The van der Waals surface area contributed by atoms with E-state index in [0.29, 0.717) is 0 Å². The minimum Gasteiger partial charge on any atom is -0.459 e. The number of furan rings is 1. The molecule has 0 saturated heterocycles. The van der Waals surface area contributed by atoms with Gasteiger partial charge in [0.05, 0.1) is 12.5 Å². The van der Waals surface area contributed by atoms with Crippen LogP contribution in [0, 0.1) is 0 Å². The van der Waals surface area contributed by atoms with Crippen molar-refractivity contribution >= 4 is 34.1 Å². The lowest BCUT2D eigenvalue weighted by Gasteiger charge is -1.95. The maximum absolute atomic E-state index is 11.5. The van der Waals surface area contributed by atoms with Crippen LogP contribution in [0.4, 0.5) is 0 Å². The molecule has 0 aliphatic heterocycles. The molecule has 2 aromatic rings. The Morgan fingerprint density at radius 3 is 2.68 bits per heavy atom. The summed E-state index contributed by atoms with van der Waals surface area (Å²) in [5.41, 5.74) is 3.41. The summed E-state index contributed by atoms with van der Waals surface area (Å²) < 4.78 is 5.68. The number of nitrogens with one attached hydrogen (secondary N) is 1. The first kappa shape index (κ1) is 13.3. The summed E-state index contributed by atoms with van der Waals surface area (Å²) in [7, 11) is 0. The zero-order valence-electron chi connectivity index (χ0n) is 9.92. The van der Waals surface area contributed by atoms with Gasteiger partial charge in [0, 0.05) is 4.48 Å². The average molecular weight is 319 g/mol. The summed E-state index contributed by atoms with van der Waals surface area (Å²) in [6.07, 6.45) is 4.83. The highest BCUT2D eigenvalue weighted by Gasteiger charge is 2.05. The van der Waals surface area contributed by atoms with Crippen molar-refractivity contribution in [3.63, 3.8) is 0 Å². The van der Waals surface area contributed by atoms with E-state index in [1.165, 1.54) is 12.5 Å². The largest absolute Gasteiger partial charge is 0.459 e. The number of rotatable bonds is 4. The summed E-state index contributed by atoms with van der Waals surface area (Å²) in [5.74, 6) is -0.165. The molecular weight excluding hydrogens is 308 g/mol. The fourth-order valence-corrected chi connectivity index (χ4v) is 1.73. The molecule has 2 rings (SSSR count). The van der Waals surface area contributed by atoms with Gasteiger partial charge in [0.15, 0.2) is 5.76 Å². The Hall–Kier alpha value is -2.14. The topological polar surface area (TPSA) is 54.6 Å². The molecule has 19 heavy (non-hydrogen) atoms. The summed E-state index contributed by atoms with van der Waals surface area (Å²) in [4.78, 5) is 11.5. The molecule has 1 N–H and O–H groups in total. The summed E-state index contributed by atoms with van der Waals surface area (Å²) in [6.45, 7) is 0. The molecule has 0 bridgehead atoms. The molecule has 0 saturated carbocycles. The molecule has 5 heteroatoms. The Morgan fingerprint density at radius 1 is 1.21 bits per heavy atom. The third kappa shape index (κ3) is 4.22. The van der Waals surface area contributed by atoms with Crippen molar-refractivity contribution in [2.75, 3.05) is 0 Å². The quantitative estimate of drug-likeness (QED) is 0.693. The Morgan fingerprint density at radius 2 is 2.00 bits per heavy atom. The molecule has 1 aromatic carbocycles. The van der Waals surface area contributed by atoms with E-state index in [1.807, 2.05) is 36.4 Å². The molecule has 96 valence electrons. The Kier molecular flexibility index (Phi) is 4.69. The van der Waals surface area contributed by atoms with Gasteiger partial charge in [0.1, 0.15) is 0 Å². The van der Waals surface area contributed by atoms with Crippen LogP contribution in [0.2, 0.25) is 0 Å². The molecule has 1 heterocycles. The second-order valence-corrected chi connectivity index (χ2v) is 4.53. The summed E-state index contributed by atoms with van der Waals surface area (Å²) in [5, 5.41) is 3.82. The predicted octanol–water partition coefficient (Wildman–Crippen LogP) is 3.43. The number of benzene rings is 1. The molecule has 0 aliphatic carbocycles. The molecular formula is C14H11BrN2O2. The van der Waals surface area contributed by atoms with E-state index in [9.17, 15) is 4.79 Å². The third-order valence-corrected chi connectivity index (χ3v) is 2.64. The molecule has 0 aliphatic rings. The number of carbonyl (C=O) groups is 1. The van der Waals surface area contributed by atoms with Crippen molar-refractivity contribution in [2.24, 2.45) is 5.10 Å². The smallest absolute Gasteiger partial charge is 0.307 e. The Labute approximate surface area is 118 Å². The normalized spacial score (nSPS) is 11.7. The summed E-state index contributed by atoms with van der Waals surface area (Å²) in [6, 6.07) is 13.0. The highest BCUT2D eigenvalue weighted by atomic mass is 79.9. The molecule has 1 amide bonds. The van der Waals surface area contributed by atoms with Gasteiger partial charge in [0.2, 0.25) is 0 Å². The number of halogens is 1. The van der Waals surface area contributed by atoms with Crippen LogP contribution < -0.4 is 5.43 Å². The first-order valence-electron chi connectivity index (χ1n) is 5.55. The van der Waals surface area contributed by atoms with Crippen molar-refractivity contribution in [3.8, 4) is 0 Å². The average Bonchev–Trinajstić information content (AvgIpc) is 2.93. The fraction of sp³-hybridized carbons (Fsp3) is 0. The van der Waals surface area contributed by atoms with Gasteiger partial charge in [-0.05, 0) is 39.7 Å². The monoisotopic (exact) mass is 318 g/mol. The number of hydrazone groups is 1. The zero-order valence-corrected chi connectivity index (χ0v) is 11.5. The van der Waals surface area contributed by atoms with Crippen molar-refractivity contribution in [2.45, 2.75) is 0 Å². The first-order valence-corrected chi connectivity index (χ1v) is 6.34. The predicted molar refractivity (Wildman–Crippen MR) is 78.0 cm³/mol. The Balaban J connectivity index is 1.92.